The van der Waals surface area contributed by atoms with Gasteiger partial charge in [0.25, 0.3) is 0 Å². The van der Waals surface area contributed by atoms with Crippen LogP contribution in [-0.2, 0) is 5.41 Å². The van der Waals surface area contributed by atoms with E-state index in [4.69, 9.17) is 0 Å². The summed E-state index contributed by atoms with van der Waals surface area (Å²) in [6.45, 7) is 13.3. The molecule has 0 saturated heterocycles. The van der Waals surface area contributed by atoms with Gasteiger partial charge in [0.1, 0.15) is 0 Å². The molecule has 1 saturated carbocycles. The van der Waals surface area contributed by atoms with Crippen molar-refractivity contribution in [2.75, 3.05) is 0 Å². The fraction of sp³-hybridized carbons (Fsp3) is 0.667. The van der Waals surface area contributed by atoms with Crippen molar-refractivity contribution in [2.24, 2.45) is 5.92 Å². The molecule has 0 nitrogen and oxygen atoms in total. The molecule has 0 heteroatoms. The number of aryl methyl sites for hydroxylation is 2. The van der Waals surface area contributed by atoms with Gasteiger partial charge in [-0.2, -0.15) is 0 Å². The molecule has 2 atom stereocenters. The maximum atomic E-state index is 2.46. The van der Waals surface area contributed by atoms with Crippen LogP contribution in [-0.4, -0.2) is 0 Å². The second-order valence-corrected chi connectivity index (χ2v) is 5.86. The van der Waals surface area contributed by atoms with Crippen LogP contribution in [0.5, 0.6) is 0 Å². The Morgan fingerprint density at radius 3 is 2.28 bits per heavy atom. The van der Waals surface area contributed by atoms with Gasteiger partial charge in [0.05, 0.1) is 0 Å². The van der Waals surface area contributed by atoms with E-state index in [1.54, 1.807) is 5.56 Å². The predicted octanol–water partition coefficient (Wildman–Crippen LogP) is 5.80. The van der Waals surface area contributed by atoms with Crippen molar-refractivity contribution in [2.45, 2.75) is 72.6 Å². The van der Waals surface area contributed by atoms with Crippen LogP contribution in [0.3, 0.4) is 0 Å². The molecule has 1 aromatic carbocycles. The van der Waals surface area contributed by atoms with Crippen molar-refractivity contribution in [1.82, 2.24) is 0 Å². The van der Waals surface area contributed by atoms with Gasteiger partial charge >= 0.3 is 0 Å². The first-order valence-electron chi connectivity index (χ1n) is 7.62. The Morgan fingerprint density at radius 1 is 1.06 bits per heavy atom. The number of hydrogen-bond donors (Lipinski definition) is 0. The molecular formula is C18H30. The molecule has 1 aliphatic rings. The summed E-state index contributed by atoms with van der Waals surface area (Å²) in [7, 11) is 0. The van der Waals surface area contributed by atoms with Crippen molar-refractivity contribution < 1.29 is 0 Å². The molecule has 2 unspecified atom stereocenters. The Bertz CT molecular complexity index is 378. The monoisotopic (exact) mass is 246 g/mol. The predicted molar refractivity (Wildman–Crippen MR) is 82.2 cm³/mol. The standard InChI is InChI=1S/C16H24.C2H6/c1-12-8-9-15(11-13(12)2)16(4)10-6-5-7-14(16)3;1-2/h8-9,11,14H,5-7,10H2,1-4H3;1-2H3. The molecule has 0 bridgehead atoms. The summed E-state index contributed by atoms with van der Waals surface area (Å²) >= 11 is 0. The molecule has 0 N–H and O–H groups in total. The van der Waals surface area contributed by atoms with Crippen molar-refractivity contribution in [3.63, 3.8) is 0 Å². The van der Waals surface area contributed by atoms with Gasteiger partial charge in [-0.25, -0.2) is 0 Å². The Morgan fingerprint density at radius 2 is 1.72 bits per heavy atom. The highest BCUT2D eigenvalue weighted by Gasteiger charge is 2.35. The van der Waals surface area contributed by atoms with E-state index in [9.17, 15) is 0 Å². The number of hydrogen-bond acceptors (Lipinski definition) is 0. The first kappa shape index (κ1) is 15.3. The third kappa shape index (κ3) is 2.96. The Balaban J connectivity index is 0.000000771. The minimum Gasteiger partial charge on any atom is -0.0683 e. The summed E-state index contributed by atoms with van der Waals surface area (Å²) in [4.78, 5) is 0. The summed E-state index contributed by atoms with van der Waals surface area (Å²) < 4.78 is 0. The van der Waals surface area contributed by atoms with Gasteiger partial charge in [0, 0.05) is 0 Å². The average Bonchev–Trinajstić information content (AvgIpc) is 2.39. The summed E-state index contributed by atoms with van der Waals surface area (Å²) in [5.41, 5.74) is 4.83. The fourth-order valence-electron chi connectivity index (χ4n) is 3.03. The Hall–Kier alpha value is -0.780. The summed E-state index contributed by atoms with van der Waals surface area (Å²) in [6, 6.07) is 7.05. The van der Waals surface area contributed by atoms with Gasteiger partial charge in [-0.05, 0) is 54.7 Å². The molecule has 1 aromatic rings. The molecule has 18 heavy (non-hydrogen) atoms. The summed E-state index contributed by atoms with van der Waals surface area (Å²) in [5, 5.41) is 0. The molecule has 0 heterocycles. The second kappa shape index (κ2) is 6.41. The van der Waals surface area contributed by atoms with E-state index >= 15 is 0 Å². The minimum absolute atomic E-state index is 0.413. The van der Waals surface area contributed by atoms with Crippen LogP contribution in [0.15, 0.2) is 18.2 Å². The quantitative estimate of drug-likeness (QED) is 0.587. The van der Waals surface area contributed by atoms with E-state index in [2.05, 4.69) is 45.9 Å². The highest BCUT2D eigenvalue weighted by Crippen LogP contribution is 2.43. The number of rotatable bonds is 1. The van der Waals surface area contributed by atoms with Gasteiger partial charge in [-0.1, -0.05) is 58.7 Å². The lowest BCUT2D eigenvalue weighted by molar-refractivity contribution is 0.221. The van der Waals surface area contributed by atoms with Crippen molar-refractivity contribution >= 4 is 0 Å². The van der Waals surface area contributed by atoms with Crippen molar-refractivity contribution in [1.29, 1.82) is 0 Å². The van der Waals surface area contributed by atoms with Gasteiger partial charge in [0.2, 0.25) is 0 Å². The SMILES string of the molecule is CC.Cc1ccc(C2(C)CCCCC2C)cc1C. The first-order valence-corrected chi connectivity index (χ1v) is 7.62. The highest BCUT2D eigenvalue weighted by atomic mass is 14.4. The molecule has 1 aliphatic carbocycles. The van der Waals surface area contributed by atoms with Gasteiger partial charge in [-0.3, -0.25) is 0 Å². The van der Waals surface area contributed by atoms with Gasteiger partial charge < -0.3 is 0 Å². The molecule has 0 radical (unpaired) electrons. The van der Waals surface area contributed by atoms with E-state index in [1.165, 1.54) is 36.8 Å². The molecule has 0 aliphatic heterocycles. The first-order chi connectivity index (χ1) is 8.54. The zero-order chi connectivity index (χ0) is 13.8. The zero-order valence-corrected chi connectivity index (χ0v) is 13.1. The van der Waals surface area contributed by atoms with Gasteiger partial charge in [0.15, 0.2) is 0 Å². The smallest absolute Gasteiger partial charge is 0.00496 e. The van der Waals surface area contributed by atoms with E-state index in [1.807, 2.05) is 13.8 Å². The molecule has 2 rings (SSSR count). The topological polar surface area (TPSA) is 0 Å². The largest absolute Gasteiger partial charge is 0.0683 e. The fourth-order valence-corrected chi connectivity index (χ4v) is 3.03. The van der Waals surface area contributed by atoms with Crippen LogP contribution in [0.25, 0.3) is 0 Å². The number of benzene rings is 1. The lowest BCUT2D eigenvalue weighted by atomic mass is 9.64. The van der Waals surface area contributed by atoms with Crippen LogP contribution < -0.4 is 0 Å². The Labute approximate surface area is 114 Å². The third-order valence-corrected chi connectivity index (χ3v) is 4.84. The average molecular weight is 246 g/mol. The van der Waals surface area contributed by atoms with E-state index in [0.29, 0.717) is 5.41 Å². The highest BCUT2D eigenvalue weighted by molar-refractivity contribution is 5.35. The van der Waals surface area contributed by atoms with Crippen LogP contribution >= 0.6 is 0 Å². The second-order valence-electron chi connectivity index (χ2n) is 5.86. The molecular weight excluding hydrogens is 216 g/mol. The lowest BCUT2D eigenvalue weighted by Gasteiger charge is -2.40. The zero-order valence-electron chi connectivity index (χ0n) is 13.1. The van der Waals surface area contributed by atoms with E-state index in [-0.39, 0.29) is 0 Å². The van der Waals surface area contributed by atoms with E-state index in [0.717, 1.165) is 5.92 Å². The van der Waals surface area contributed by atoms with Crippen LogP contribution in [0, 0.1) is 19.8 Å². The van der Waals surface area contributed by atoms with Crippen molar-refractivity contribution in [3.05, 3.63) is 34.9 Å². The minimum atomic E-state index is 0.413. The molecule has 0 amide bonds. The summed E-state index contributed by atoms with van der Waals surface area (Å²) in [5.74, 6) is 0.823. The molecule has 0 aromatic heterocycles. The van der Waals surface area contributed by atoms with Crippen LogP contribution in [0.2, 0.25) is 0 Å². The molecule has 102 valence electrons. The molecule has 1 fully saturated rings. The van der Waals surface area contributed by atoms with E-state index < -0.39 is 0 Å². The van der Waals surface area contributed by atoms with Crippen LogP contribution in [0.1, 0.15) is 70.1 Å². The van der Waals surface area contributed by atoms with Crippen LogP contribution in [0.4, 0.5) is 0 Å². The Kier molecular flexibility index (Phi) is 5.44. The van der Waals surface area contributed by atoms with Crippen molar-refractivity contribution in [3.8, 4) is 0 Å². The molecule has 0 spiro atoms. The normalized spacial score (nSPS) is 27.3. The third-order valence-electron chi connectivity index (χ3n) is 4.84. The maximum absolute atomic E-state index is 2.46. The lowest BCUT2D eigenvalue weighted by Crippen LogP contribution is -2.33. The summed E-state index contributed by atoms with van der Waals surface area (Å²) in [6.07, 6.45) is 5.56. The van der Waals surface area contributed by atoms with Gasteiger partial charge in [-0.15, -0.1) is 0 Å². The maximum Gasteiger partial charge on any atom is -0.00496 e.